The molecular formula is C21H28N2O. The predicted octanol–water partition coefficient (Wildman–Crippen LogP) is 5.58. The second kappa shape index (κ2) is 8.53. The minimum Gasteiger partial charge on any atom is -0.307 e. The summed E-state index contributed by atoms with van der Waals surface area (Å²) in [6.45, 7) is 8.44. The molecule has 0 aliphatic rings. The van der Waals surface area contributed by atoms with Gasteiger partial charge in [0.1, 0.15) is 0 Å². The molecule has 3 nitrogen and oxygen atoms in total. The number of carbonyl (C=O) groups is 1. The smallest absolute Gasteiger partial charge is 0.307 e. The fraction of sp³-hybridized carbons (Fsp3) is 0.381. The normalized spacial score (nSPS) is 10.5. The van der Waals surface area contributed by atoms with Gasteiger partial charge in [0.05, 0.1) is 0 Å². The summed E-state index contributed by atoms with van der Waals surface area (Å²) in [5, 5.41) is 6.16. The van der Waals surface area contributed by atoms with Gasteiger partial charge in [-0.05, 0) is 47.9 Å². The van der Waals surface area contributed by atoms with Gasteiger partial charge in [0.25, 0.3) is 0 Å². The molecule has 2 rings (SSSR count). The molecule has 2 N–H and O–H groups in total. The van der Waals surface area contributed by atoms with Crippen molar-refractivity contribution in [3.8, 4) is 0 Å². The van der Waals surface area contributed by atoms with Gasteiger partial charge in [-0.15, -0.1) is 0 Å². The fourth-order valence-corrected chi connectivity index (χ4v) is 3.06. The van der Waals surface area contributed by atoms with Crippen LogP contribution in [0.3, 0.4) is 0 Å². The van der Waals surface area contributed by atoms with E-state index in [1.165, 1.54) is 22.3 Å². The molecule has 128 valence electrons. The highest BCUT2D eigenvalue weighted by Crippen LogP contribution is 2.25. The third-order valence-electron chi connectivity index (χ3n) is 4.47. The molecule has 24 heavy (non-hydrogen) atoms. The second-order valence-electron chi connectivity index (χ2n) is 5.90. The van der Waals surface area contributed by atoms with Gasteiger partial charge in [-0.3, -0.25) is 0 Å². The molecule has 0 fully saturated rings. The largest absolute Gasteiger partial charge is 0.323 e. The highest BCUT2D eigenvalue weighted by atomic mass is 16.2. The van der Waals surface area contributed by atoms with Crippen LogP contribution in [0.2, 0.25) is 0 Å². The molecule has 0 radical (unpaired) electrons. The molecule has 0 spiro atoms. The van der Waals surface area contributed by atoms with E-state index in [4.69, 9.17) is 0 Å². The Morgan fingerprint density at radius 2 is 0.958 bits per heavy atom. The highest BCUT2D eigenvalue weighted by molar-refractivity contribution is 6.01. The van der Waals surface area contributed by atoms with E-state index in [2.05, 4.69) is 74.7 Å². The summed E-state index contributed by atoms with van der Waals surface area (Å²) >= 11 is 0. The molecule has 0 heterocycles. The van der Waals surface area contributed by atoms with Gasteiger partial charge < -0.3 is 10.6 Å². The monoisotopic (exact) mass is 324 g/mol. The summed E-state index contributed by atoms with van der Waals surface area (Å²) in [5.74, 6) is 0. The molecule has 0 aromatic heterocycles. The van der Waals surface area contributed by atoms with Crippen molar-refractivity contribution >= 4 is 17.4 Å². The Morgan fingerprint density at radius 1 is 0.667 bits per heavy atom. The van der Waals surface area contributed by atoms with Crippen molar-refractivity contribution in [1.29, 1.82) is 0 Å². The number of hydrogen-bond donors (Lipinski definition) is 2. The van der Waals surface area contributed by atoms with Crippen LogP contribution in [0.1, 0.15) is 49.9 Å². The van der Waals surface area contributed by atoms with Crippen molar-refractivity contribution in [2.45, 2.75) is 53.4 Å². The Balaban J connectivity index is 2.27. The van der Waals surface area contributed by atoms with E-state index in [0.717, 1.165) is 37.1 Å². The molecule has 0 aliphatic heterocycles. The number of aryl methyl sites for hydroxylation is 4. The number of urea groups is 1. The first-order valence-electron chi connectivity index (χ1n) is 8.93. The van der Waals surface area contributed by atoms with Crippen LogP contribution in [0, 0.1) is 0 Å². The lowest BCUT2D eigenvalue weighted by Gasteiger charge is -2.18. The zero-order valence-corrected chi connectivity index (χ0v) is 15.2. The minimum absolute atomic E-state index is 0.166. The van der Waals surface area contributed by atoms with Crippen molar-refractivity contribution in [2.75, 3.05) is 10.6 Å². The maximum absolute atomic E-state index is 12.6. The molecular weight excluding hydrogens is 296 g/mol. The topological polar surface area (TPSA) is 41.1 Å². The Bertz CT molecular complexity index is 603. The summed E-state index contributed by atoms with van der Waals surface area (Å²) in [7, 11) is 0. The van der Waals surface area contributed by atoms with Crippen LogP contribution in [0.5, 0.6) is 0 Å². The lowest BCUT2D eigenvalue weighted by atomic mass is 10.0. The standard InChI is InChI=1S/C21H28N2O/c1-5-15-11-9-12-16(6-2)19(15)22-21(24)23-20-17(7-3)13-10-14-18(20)8-4/h9-14H,5-8H2,1-4H3,(H2,22,23,24). The van der Waals surface area contributed by atoms with E-state index in [1.807, 2.05) is 0 Å². The quantitative estimate of drug-likeness (QED) is 0.715. The predicted molar refractivity (Wildman–Crippen MR) is 103 cm³/mol. The molecule has 0 unspecified atom stereocenters. The van der Waals surface area contributed by atoms with E-state index in [0.29, 0.717) is 0 Å². The maximum atomic E-state index is 12.6. The van der Waals surface area contributed by atoms with Gasteiger partial charge in [-0.1, -0.05) is 64.1 Å². The van der Waals surface area contributed by atoms with Crippen LogP contribution in [-0.2, 0) is 25.7 Å². The zero-order chi connectivity index (χ0) is 17.5. The number of para-hydroxylation sites is 2. The van der Waals surface area contributed by atoms with E-state index in [-0.39, 0.29) is 6.03 Å². The number of benzene rings is 2. The number of anilines is 2. The Kier molecular flexibility index (Phi) is 6.42. The van der Waals surface area contributed by atoms with E-state index >= 15 is 0 Å². The summed E-state index contributed by atoms with van der Waals surface area (Å²) in [4.78, 5) is 12.6. The average molecular weight is 324 g/mol. The Labute approximate surface area is 145 Å². The molecule has 0 atom stereocenters. The van der Waals surface area contributed by atoms with Crippen molar-refractivity contribution in [2.24, 2.45) is 0 Å². The highest BCUT2D eigenvalue weighted by Gasteiger charge is 2.13. The first-order valence-corrected chi connectivity index (χ1v) is 8.93. The van der Waals surface area contributed by atoms with Gasteiger partial charge in [0.15, 0.2) is 0 Å². The maximum Gasteiger partial charge on any atom is 0.323 e. The summed E-state index contributed by atoms with van der Waals surface area (Å²) in [6.07, 6.45) is 3.59. The summed E-state index contributed by atoms with van der Waals surface area (Å²) in [5.41, 5.74) is 6.58. The van der Waals surface area contributed by atoms with Crippen LogP contribution < -0.4 is 10.6 Å². The van der Waals surface area contributed by atoms with Crippen molar-refractivity contribution < 1.29 is 4.79 Å². The molecule has 3 heteroatoms. The molecule has 0 saturated heterocycles. The van der Waals surface area contributed by atoms with Crippen LogP contribution in [0.25, 0.3) is 0 Å². The van der Waals surface area contributed by atoms with Gasteiger partial charge >= 0.3 is 6.03 Å². The van der Waals surface area contributed by atoms with Crippen molar-refractivity contribution in [1.82, 2.24) is 0 Å². The van der Waals surface area contributed by atoms with E-state index in [1.54, 1.807) is 0 Å². The van der Waals surface area contributed by atoms with Gasteiger partial charge in [-0.2, -0.15) is 0 Å². The average Bonchev–Trinajstić information content (AvgIpc) is 2.61. The Hall–Kier alpha value is -2.29. The van der Waals surface area contributed by atoms with Crippen LogP contribution in [0.15, 0.2) is 36.4 Å². The summed E-state index contributed by atoms with van der Waals surface area (Å²) < 4.78 is 0. The van der Waals surface area contributed by atoms with Crippen LogP contribution in [0.4, 0.5) is 16.2 Å². The third kappa shape index (κ3) is 3.97. The molecule has 0 aliphatic carbocycles. The molecule has 2 aromatic carbocycles. The number of rotatable bonds is 6. The molecule has 0 bridgehead atoms. The minimum atomic E-state index is -0.166. The number of hydrogen-bond acceptors (Lipinski definition) is 1. The third-order valence-corrected chi connectivity index (χ3v) is 4.47. The second-order valence-corrected chi connectivity index (χ2v) is 5.90. The number of nitrogens with one attached hydrogen (secondary N) is 2. The molecule has 2 aromatic rings. The number of carbonyl (C=O) groups excluding carboxylic acids is 1. The lowest BCUT2D eigenvalue weighted by Crippen LogP contribution is -2.22. The van der Waals surface area contributed by atoms with Crippen LogP contribution >= 0.6 is 0 Å². The lowest BCUT2D eigenvalue weighted by molar-refractivity contribution is 0.262. The fourth-order valence-electron chi connectivity index (χ4n) is 3.06. The van der Waals surface area contributed by atoms with Crippen molar-refractivity contribution in [3.63, 3.8) is 0 Å². The zero-order valence-electron chi connectivity index (χ0n) is 15.2. The van der Waals surface area contributed by atoms with E-state index < -0.39 is 0 Å². The number of amides is 2. The summed E-state index contributed by atoms with van der Waals surface area (Å²) in [6, 6.07) is 12.3. The van der Waals surface area contributed by atoms with Gasteiger partial charge in [0.2, 0.25) is 0 Å². The molecule has 2 amide bonds. The van der Waals surface area contributed by atoms with Crippen LogP contribution in [-0.4, -0.2) is 6.03 Å². The first-order chi connectivity index (χ1) is 11.6. The van der Waals surface area contributed by atoms with Gasteiger partial charge in [0, 0.05) is 11.4 Å². The van der Waals surface area contributed by atoms with Crippen molar-refractivity contribution in [3.05, 3.63) is 58.7 Å². The van der Waals surface area contributed by atoms with E-state index in [9.17, 15) is 4.79 Å². The first kappa shape index (κ1) is 18.1. The van der Waals surface area contributed by atoms with Gasteiger partial charge in [-0.25, -0.2) is 4.79 Å². The Morgan fingerprint density at radius 3 is 1.21 bits per heavy atom. The molecule has 0 saturated carbocycles. The SMILES string of the molecule is CCc1cccc(CC)c1NC(=O)Nc1c(CC)cccc1CC.